The first-order valence-electron chi connectivity index (χ1n) is 8.34. The van der Waals surface area contributed by atoms with Crippen molar-refractivity contribution >= 4 is 41.0 Å². The van der Waals surface area contributed by atoms with Crippen LogP contribution in [0.1, 0.15) is 28.3 Å². The predicted molar refractivity (Wildman–Crippen MR) is 109 cm³/mol. The van der Waals surface area contributed by atoms with E-state index in [0.717, 1.165) is 39.4 Å². The van der Waals surface area contributed by atoms with Crippen LogP contribution >= 0.6 is 0 Å². The molecule has 0 aromatic carbocycles. The van der Waals surface area contributed by atoms with Gasteiger partial charge in [-0.15, -0.1) is 0 Å². The number of nitrogen functional groups attached to an aromatic ring is 2. The van der Waals surface area contributed by atoms with Crippen LogP contribution in [0.4, 0.5) is 5.69 Å². The third kappa shape index (κ3) is 3.28. The van der Waals surface area contributed by atoms with E-state index < -0.39 is 0 Å². The summed E-state index contributed by atoms with van der Waals surface area (Å²) in [5.41, 5.74) is 12.9. The SMILES string of the molecule is Cc1ccc(N)cc2nc(cc3ccc(cc4nc(c1)C=C4)n3N)C=C2. The van der Waals surface area contributed by atoms with Gasteiger partial charge in [0.15, 0.2) is 0 Å². The lowest BCUT2D eigenvalue weighted by Gasteiger charge is -1.95. The highest BCUT2D eigenvalue weighted by Gasteiger charge is 2.02. The molecule has 0 aliphatic carbocycles. The summed E-state index contributed by atoms with van der Waals surface area (Å²) in [6, 6.07) is 15.5. The fraction of sp³-hybridized carbons (Fsp3) is 0.0476. The van der Waals surface area contributed by atoms with E-state index in [2.05, 4.69) is 9.97 Å². The van der Waals surface area contributed by atoms with Crippen molar-refractivity contribution in [1.29, 1.82) is 0 Å². The summed E-state index contributed by atoms with van der Waals surface area (Å²) in [7, 11) is 0. The van der Waals surface area contributed by atoms with Gasteiger partial charge in [-0.1, -0.05) is 6.07 Å². The van der Waals surface area contributed by atoms with Crippen molar-refractivity contribution < 1.29 is 0 Å². The van der Waals surface area contributed by atoms with Gasteiger partial charge in [-0.2, -0.15) is 0 Å². The van der Waals surface area contributed by atoms with Gasteiger partial charge in [-0.25, -0.2) is 9.97 Å². The van der Waals surface area contributed by atoms with Gasteiger partial charge in [-0.3, -0.25) is 4.68 Å². The first-order chi connectivity index (χ1) is 12.6. The van der Waals surface area contributed by atoms with Gasteiger partial charge in [0.25, 0.3) is 0 Å². The Morgan fingerprint density at radius 1 is 0.692 bits per heavy atom. The Morgan fingerprint density at radius 2 is 1.19 bits per heavy atom. The molecule has 128 valence electrons. The van der Waals surface area contributed by atoms with Crippen LogP contribution in [0, 0.1) is 6.92 Å². The Hall–Kier alpha value is -3.60. The van der Waals surface area contributed by atoms with Gasteiger partial charge in [-0.05, 0) is 79.3 Å². The van der Waals surface area contributed by atoms with Crippen LogP contribution in [-0.2, 0) is 0 Å². The molecule has 0 amide bonds. The molecule has 5 nitrogen and oxygen atoms in total. The van der Waals surface area contributed by atoms with Crippen molar-refractivity contribution in [1.82, 2.24) is 14.6 Å². The lowest BCUT2D eigenvalue weighted by atomic mass is 10.2. The second-order valence-electron chi connectivity index (χ2n) is 6.30. The summed E-state index contributed by atoms with van der Waals surface area (Å²) in [6.45, 7) is 2.02. The number of nitrogens with two attached hydrogens (primary N) is 2. The van der Waals surface area contributed by atoms with Gasteiger partial charge >= 0.3 is 0 Å². The minimum absolute atomic E-state index is 0.640. The molecule has 0 spiro atoms. The topological polar surface area (TPSA) is 82.8 Å². The van der Waals surface area contributed by atoms with Crippen molar-refractivity contribution in [3.63, 3.8) is 0 Å². The summed E-state index contributed by atoms with van der Waals surface area (Å²) in [6.07, 6.45) is 7.83. The number of hydrogen-bond donors (Lipinski definition) is 2. The normalized spacial score (nSPS) is 12.0. The number of hydrogen-bond acceptors (Lipinski definition) is 4. The molecule has 0 atom stereocenters. The maximum Gasteiger partial charge on any atom is 0.0659 e. The Labute approximate surface area is 151 Å². The molecule has 0 saturated heterocycles. The van der Waals surface area contributed by atoms with Crippen LogP contribution in [0.15, 0.2) is 48.5 Å². The molecule has 0 radical (unpaired) electrons. The van der Waals surface area contributed by atoms with Crippen LogP contribution in [0.25, 0.3) is 35.3 Å². The molecule has 4 heterocycles. The number of fused-ring (bicyclic) bond motifs is 6. The van der Waals surface area contributed by atoms with Gasteiger partial charge < -0.3 is 11.6 Å². The quantitative estimate of drug-likeness (QED) is 0.476. The second kappa shape index (κ2) is 6.37. The number of rotatable bonds is 0. The first kappa shape index (κ1) is 15.9. The number of aromatic nitrogens is 3. The summed E-state index contributed by atoms with van der Waals surface area (Å²) in [5.74, 6) is 6.23. The molecule has 4 N–H and O–H groups in total. The Kier molecular flexibility index (Phi) is 3.89. The van der Waals surface area contributed by atoms with Crippen molar-refractivity contribution in [2.75, 3.05) is 11.6 Å². The maximum absolute atomic E-state index is 6.23. The summed E-state index contributed by atoms with van der Waals surface area (Å²) in [5, 5.41) is 0. The third-order valence-corrected chi connectivity index (χ3v) is 4.17. The molecule has 2 aromatic heterocycles. The average molecular weight is 341 g/mol. The van der Waals surface area contributed by atoms with Gasteiger partial charge in [0.1, 0.15) is 0 Å². The monoisotopic (exact) mass is 341 g/mol. The zero-order chi connectivity index (χ0) is 18.1. The predicted octanol–water partition coefficient (Wildman–Crippen LogP) is 3.81. The van der Waals surface area contributed by atoms with E-state index in [4.69, 9.17) is 11.6 Å². The molecular formula is C21H19N5. The van der Waals surface area contributed by atoms with Crippen LogP contribution < -0.4 is 11.6 Å². The highest BCUT2D eigenvalue weighted by atomic mass is 15.3. The first-order valence-corrected chi connectivity index (χ1v) is 8.34. The molecule has 0 fully saturated rings. The van der Waals surface area contributed by atoms with E-state index in [1.807, 2.05) is 79.8 Å². The zero-order valence-corrected chi connectivity index (χ0v) is 14.4. The van der Waals surface area contributed by atoms with Crippen molar-refractivity contribution in [3.05, 3.63) is 76.9 Å². The van der Waals surface area contributed by atoms with Crippen molar-refractivity contribution in [2.45, 2.75) is 6.92 Å². The van der Waals surface area contributed by atoms with Gasteiger partial charge in [0, 0.05) is 5.69 Å². The lowest BCUT2D eigenvalue weighted by Crippen LogP contribution is -2.06. The van der Waals surface area contributed by atoms with Crippen molar-refractivity contribution in [3.8, 4) is 0 Å². The van der Waals surface area contributed by atoms with E-state index >= 15 is 0 Å². The number of aryl methyl sites for hydroxylation is 1. The van der Waals surface area contributed by atoms with Crippen molar-refractivity contribution in [2.24, 2.45) is 0 Å². The minimum Gasteiger partial charge on any atom is -0.399 e. The summed E-state index contributed by atoms with van der Waals surface area (Å²) >= 11 is 0. The molecule has 4 rings (SSSR count). The van der Waals surface area contributed by atoms with E-state index in [9.17, 15) is 0 Å². The number of nitrogens with zero attached hydrogens (tertiary/aromatic N) is 3. The standard InChI is InChI=1S/C21H19N5/c1-14-2-3-15(22)11-17-5-7-19(25-17)13-21-9-8-20(26(21)23)12-18-6-4-16(10-14)24-18/h2-13H,22-23H2,1H3. The van der Waals surface area contributed by atoms with E-state index in [-0.39, 0.29) is 0 Å². The molecule has 0 unspecified atom stereocenters. The molecular weight excluding hydrogens is 322 g/mol. The van der Waals surface area contributed by atoms with Gasteiger partial charge in [0.05, 0.1) is 33.8 Å². The fourth-order valence-corrected chi connectivity index (χ4v) is 2.86. The van der Waals surface area contributed by atoms with E-state index in [1.54, 1.807) is 4.68 Å². The van der Waals surface area contributed by atoms with E-state index in [0.29, 0.717) is 5.69 Å². The molecule has 26 heavy (non-hydrogen) atoms. The molecule has 2 aromatic rings. The minimum atomic E-state index is 0.640. The van der Waals surface area contributed by atoms with Crippen LogP contribution in [0.2, 0.25) is 0 Å². The Bertz CT molecular complexity index is 1030. The van der Waals surface area contributed by atoms with Gasteiger partial charge in [0.2, 0.25) is 0 Å². The zero-order valence-electron chi connectivity index (χ0n) is 14.4. The van der Waals surface area contributed by atoms with Crippen LogP contribution in [0.5, 0.6) is 0 Å². The Balaban J connectivity index is 2.04. The smallest absolute Gasteiger partial charge is 0.0659 e. The molecule has 0 saturated carbocycles. The highest BCUT2D eigenvalue weighted by molar-refractivity contribution is 5.75. The third-order valence-electron chi connectivity index (χ3n) is 4.17. The summed E-state index contributed by atoms with van der Waals surface area (Å²) in [4.78, 5) is 9.17. The molecule has 2 aliphatic heterocycles. The molecule has 5 heteroatoms. The summed E-state index contributed by atoms with van der Waals surface area (Å²) < 4.78 is 1.63. The Morgan fingerprint density at radius 3 is 1.77 bits per heavy atom. The molecule has 6 bridgehead atoms. The molecule has 2 aliphatic rings. The largest absolute Gasteiger partial charge is 0.399 e. The van der Waals surface area contributed by atoms with Crippen LogP contribution in [-0.4, -0.2) is 14.6 Å². The lowest BCUT2D eigenvalue weighted by molar-refractivity contribution is 1.11. The van der Waals surface area contributed by atoms with Crippen LogP contribution in [0.3, 0.4) is 0 Å². The fourth-order valence-electron chi connectivity index (χ4n) is 2.86. The highest BCUT2D eigenvalue weighted by Crippen LogP contribution is 2.17. The van der Waals surface area contributed by atoms with E-state index in [1.165, 1.54) is 0 Å². The number of anilines is 1. The maximum atomic E-state index is 6.23. The average Bonchev–Trinajstić information content (AvgIpc) is 3.31. The second-order valence-corrected chi connectivity index (χ2v) is 6.30.